The van der Waals surface area contributed by atoms with E-state index in [0.29, 0.717) is 12.1 Å². The van der Waals surface area contributed by atoms with E-state index in [2.05, 4.69) is 11.4 Å². The Hall–Kier alpha value is -2.34. The maximum atomic E-state index is 12.3. The summed E-state index contributed by atoms with van der Waals surface area (Å²) in [6, 6.07) is 13.4. The zero-order valence-corrected chi connectivity index (χ0v) is 18.1. The number of carbonyl (C=O) groups is 1. The molecule has 5 nitrogen and oxygen atoms in total. The highest BCUT2D eigenvalue weighted by atomic mass is 32.2. The molecule has 1 amide bonds. The third-order valence-electron chi connectivity index (χ3n) is 4.76. The summed E-state index contributed by atoms with van der Waals surface area (Å²) in [5.74, 6) is -0.0789. The van der Waals surface area contributed by atoms with Crippen LogP contribution in [0.5, 0.6) is 0 Å². The topological polar surface area (TPSA) is 66.5 Å². The van der Waals surface area contributed by atoms with Gasteiger partial charge in [0.25, 0.3) is 0 Å². The van der Waals surface area contributed by atoms with Crippen LogP contribution in [0.15, 0.2) is 42.5 Å². The molecule has 0 heterocycles. The number of aryl methyl sites for hydroxylation is 3. The molecular formula is C22H30N2O3S. The van der Waals surface area contributed by atoms with Crippen molar-refractivity contribution in [1.82, 2.24) is 5.32 Å². The van der Waals surface area contributed by atoms with Crippen LogP contribution in [-0.4, -0.2) is 27.1 Å². The molecule has 0 saturated heterocycles. The third kappa shape index (κ3) is 6.09. The number of rotatable bonds is 8. The highest BCUT2D eigenvalue weighted by Crippen LogP contribution is 2.20. The maximum absolute atomic E-state index is 12.3. The monoisotopic (exact) mass is 402 g/mol. The molecule has 6 heteroatoms. The second kappa shape index (κ2) is 9.24. The van der Waals surface area contributed by atoms with Crippen LogP contribution in [0.1, 0.15) is 48.1 Å². The van der Waals surface area contributed by atoms with Crippen molar-refractivity contribution in [3.63, 3.8) is 0 Å². The summed E-state index contributed by atoms with van der Waals surface area (Å²) in [5, 5.41) is 3.01. The maximum Gasteiger partial charge on any atom is 0.232 e. The predicted molar refractivity (Wildman–Crippen MR) is 115 cm³/mol. The lowest BCUT2D eigenvalue weighted by Gasteiger charge is -2.23. The van der Waals surface area contributed by atoms with Crippen molar-refractivity contribution in [3.8, 4) is 0 Å². The Bertz CT molecular complexity index is 921. The fourth-order valence-electron chi connectivity index (χ4n) is 3.28. The number of amides is 1. The van der Waals surface area contributed by atoms with Crippen molar-refractivity contribution < 1.29 is 13.2 Å². The van der Waals surface area contributed by atoms with E-state index in [1.807, 2.05) is 52.0 Å². The van der Waals surface area contributed by atoms with Gasteiger partial charge >= 0.3 is 0 Å². The minimum Gasteiger partial charge on any atom is -0.350 e. The van der Waals surface area contributed by atoms with E-state index in [9.17, 15) is 13.2 Å². The standard InChI is InChI=1S/C22H30N2O3S/c1-16-8-11-20(12-9-16)24(28(5,26)27)14-6-7-22(25)23-19(4)21-13-10-17(2)15-18(21)3/h8-13,15,19H,6-7,14H2,1-5H3,(H,23,25)/t19-/m1/s1. The van der Waals surface area contributed by atoms with E-state index in [0.717, 1.165) is 16.7 Å². The fourth-order valence-corrected chi connectivity index (χ4v) is 4.25. The average Bonchev–Trinajstić information content (AvgIpc) is 2.58. The Morgan fingerprint density at radius 1 is 1.04 bits per heavy atom. The van der Waals surface area contributed by atoms with Gasteiger partial charge < -0.3 is 5.32 Å². The molecule has 2 aromatic carbocycles. The Kier molecular flexibility index (Phi) is 7.24. The van der Waals surface area contributed by atoms with Gasteiger partial charge in [0, 0.05) is 13.0 Å². The zero-order valence-electron chi connectivity index (χ0n) is 17.3. The van der Waals surface area contributed by atoms with Crippen LogP contribution in [0.3, 0.4) is 0 Å². The molecule has 0 radical (unpaired) electrons. The fraction of sp³-hybridized carbons (Fsp3) is 0.409. The van der Waals surface area contributed by atoms with E-state index in [4.69, 9.17) is 0 Å². The van der Waals surface area contributed by atoms with Gasteiger partial charge in [-0.05, 0) is 57.4 Å². The van der Waals surface area contributed by atoms with Crippen LogP contribution in [0, 0.1) is 20.8 Å². The molecule has 1 atom stereocenters. The van der Waals surface area contributed by atoms with Gasteiger partial charge in [0.2, 0.25) is 15.9 Å². The lowest BCUT2D eigenvalue weighted by Crippen LogP contribution is -2.32. The predicted octanol–water partition coefficient (Wildman–Crippen LogP) is 4.04. The Balaban J connectivity index is 1.94. The molecule has 0 spiro atoms. The van der Waals surface area contributed by atoms with Crippen molar-refractivity contribution in [2.45, 2.75) is 46.6 Å². The van der Waals surface area contributed by atoms with Crippen LogP contribution in [0.4, 0.5) is 5.69 Å². The van der Waals surface area contributed by atoms with E-state index >= 15 is 0 Å². The van der Waals surface area contributed by atoms with Gasteiger partial charge in [-0.25, -0.2) is 8.42 Å². The number of hydrogen-bond acceptors (Lipinski definition) is 3. The van der Waals surface area contributed by atoms with Crippen LogP contribution >= 0.6 is 0 Å². The van der Waals surface area contributed by atoms with Crippen LogP contribution in [0.2, 0.25) is 0 Å². The molecular weight excluding hydrogens is 372 g/mol. The van der Waals surface area contributed by atoms with E-state index < -0.39 is 10.0 Å². The molecule has 0 aliphatic heterocycles. The SMILES string of the molecule is Cc1ccc(N(CCCC(=O)N[C@H](C)c2ccc(C)cc2C)S(C)(=O)=O)cc1. The first-order valence-electron chi connectivity index (χ1n) is 9.49. The summed E-state index contributed by atoms with van der Waals surface area (Å²) in [4.78, 5) is 12.3. The van der Waals surface area contributed by atoms with Crippen molar-refractivity contribution in [2.75, 3.05) is 17.1 Å². The second-order valence-electron chi connectivity index (χ2n) is 7.42. The Morgan fingerprint density at radius 2 is 1.64 bits per heavy atom. The van der Waals surface area contributed by atoms with Crippen LogP contribution < -0.4 is 9.62 Å². The van der Waals surface area contributed by atoms with Gasteiger partial charge in [0.15, 0.2) is 0 Å². The summed E-state index contributed by atoms with van der Waals surface area (Å²) < 4.78 is 25.6. The zero-order chi connectivity index (χ0) is 20.9. The smallest absolute Gasteiger partial charge is 0.232 e. The third-order valence-corrected chi connectivity index (χ3v) is 5.95. The molecule has 0 saturated carbocycles. The number of anilines is 1. The first kappa shape index (κ1) is 22.0. The minimum atomic E-state index is -3.40. The van der Waals surface area contributed by atoms with Gasteiger partial charge in [-0.1, -0.05) is 41.5 Å². The van der Waals surface area contributed by atoms with E-state index in [1.54, 1.807) is 12.1 Å². The van der Waals surface area contributed by atoms with Gasteiger partial charge in [-0.2, -0.15) is 0 Å². The van der Waals surface area contributed by atoms with Gasteiger partial charge in [0.05, 0.1) is 18.0 Å². The first-order valence-corrected chi connectivity index (χ1v) is 11.3. The summed E-state index contributed by atoms with van der Waals surface area (Å²) in [7, 11) is -3.40. The minimum absolute atomic E-state index is 0.0789. The highest BCUT2D eigenvalue weighted by Gasteiger charge is 2.18. The number of nitrogens with one attached hydrogen (secondary N) is 1. The molecule has 0 fully saturated rings. The second-order valence-corrected chi connectivity index (χ2v) is 9.33. The largest absolute Gasteiger partial charge is 0.350 e. The summed E-state index contributed by atoms with van der Waals surface area (Å²) in [6.07, 6.45) is 1.91. The summed E-state index contributed by atoms with van der Waals surface area (Å²) in [5.41, 5.74) is 5.12. The molecule has 0 aromatic heterocycles. The normalized spacial score (nSPS) is 12.5. The van der Waals surface area contributed by atoms with Crippen LogP contribution in [0.25, 0.3) is 0 Å². The van der Waals surface area contributed by atoms with E-state index in [-0.39, 0.29) is 24.9 Å². The Morgan fingerprint density at radius 3 is 2.21 bits per heavy atom. The number of nitrogens with zero attached hydrogens (tertiary/aromatic N) is 1. The molecule has 0 unspecified atom stereocenters. The van der Waals surface area contributed by atoms with Crippen molar-refractivity contribution >= 4 is 21.6 Å². The van der Waals surface area contributed by atoms with Gasteiger partial charge in [0.1, 0.15) is 0 Å². The number of benzene rings is 2. The molecule has 0 bridgehead atoms. The highest BCUT2D eigenvalue weighted by molar-refractivity contribution is 7.92. The molecule has 2 aromatic rings. The van der Waals surface area contributed by atoms with Crippen LogP contribution in [-0.2, 0) is 14.8 Å². The quantitative estimate of drug-likeness (QED) is 0.725. The molecule has 152 valence electrons. The number of hydrogen-bond donors (Lipinski definition) is 1. The lowest BCUT2D eigenvalue weighted by atomic mass is 10.00. The molecule has 28 heavy (non-hydrogen) atoms. The van der Waals surface area contributed by atoms with Crippen molar-refractivity contribution in [3.05, 3.63) is 64.7 Å². The summed E-state index contributed by atoms with van der Waals surface area (Å²) >= 11 is 0. The average molecular weight is 403 g/mol. The van der Waals surface area contributed by atoms with E-state index in [1.165, 1.54) is 16.1 Å². The molecule has 0 aliphatic carbocycles. The van der Waals surface area contributed by atoms with Gasteiger partial charge in [-0.15, -0.1) is 0 Å². The molecule has 2 rings (SSSR count). The first-order chi connectivity index (χ1) is 13.1. The molecule has 1 N–H and O–H groups in total. The summed E-state index contributed by atoms with van der Waals surface area (Å²) in [6.45, 7) is 8.27. The Labute approximate surface area is 168 Å². The number of carbonyl (C=O) groups excluding carboxylic acids is 1. The molecule has 0 aliphatic rings. The van der Waals surface area contributed by atoms with Gasteiger partial charge in [-0.3, -0.25) is 9.10 Å². The lowest BCUT2D eigenvalue weighted by molar-refractivity contribution is -0.121. The van der Waals surface area contributed by atoms with Crippen molar-refractivity contribution in [1.29, 1.82) is 0 Å². The number of sulfonamides is 1. The van der Waals surface area contributed by atoms with Crippen molar-refractivity contribution in [2.24, 2.45) is 0 Å².